The summed E-state index contributed by atoms with van der Waals surface area (Å²) in [6, 6.07) is 15.2. The number of nitrogens with one attached hydrogen (secondary N) is 1. The van der Waals surface area contributed by atoms with Crippen LogP contribution in [0.4, 0.5) is 11.5 Å². The van der Waals surface area contributed by atoms with Crippen molar-refractivity contribution in [1.82, 2.24) is 10.5 Å². The predicted molar refractivity (Wildman–Crippen MR) is 116 cm³/mol. The number of carbonyl (C=O) groups is 1. The summed E-state index contributed by atoms with van der Waals surface area (Å²) in [7, 11) is 0. The molecule has 0 aliphatic carbocycles. The van der Waals surface area contributed by atoms with Crippen LogP contribution in [0.15, 0.2) is 53.1 Å². The van der Waals surface area contributed by atoms with Crippen LogP contribution in [-0.2, 0) is 4.79 Å². The number of amides is 1. The van der Waals surface area contributed by atoms with Gasteiger partial charge >= 0.3 is 0 Å². The van der Waals surface area contributed by atoms with Gasteiger partial charge in [-0.2, -0.15) is 0 Å². The quantitative estimate of drug-likeness (QED) is 0.695. The smallest absolute Gasteiger partial charge is 0.227 e. The molecule has 7 heteroatoms. The first-order valence-corrected chi connectivity index (χ1v) is 10.4. The van der Waals surface area contributed by atoms with Gasteiger partial charge in [-0.25, -0.2) is 0 Å². The van der Waals surface area contributed by atoms with Crippen molar-refractivity contribution in [3.63, 3.8) is 0 Å². The summed E-state index contributed by atoms with van der Waals surface area (Å²) in [6.45, 7) is 4.36. The summed E-state index contributed by atoms with van der Waals surface area (Å²) in [5.41, 5.74) is 3.10. The summed E-state index contributed by atoms with van der Waals surface area (Å²) in [5, 5.41) is 18.5. The van der Waals surface area contributed by atoms with E-state index in [0.29, 0.717) is 23.3 Å². The molecule has 2 aromatic carbocycles. The summed E-state index contributed by atoms with van der Waals surface area (Å²) < 4.78 is 5.56. The van der Waals surface area contributed by atoms with Gasteiger partial charge in [0.05, 0.1) is 5.56 Å². The highest BCUT2D eigenvalue weighted by Gasteiger charge is 2.22. The maximum absolute atomic E-state index is 12.0. The Kier molecular flexibility index (Phi) is 4.88. The van der Waals surface area contributed by atoms with E-state index in [4.69, 9.17) is 4.52 Å². The lowest BCUT2D eigenvalue weighted by molar-refractivity contribution is -0.117. The Morgan fingerprint density at radius 2 is 1.77 bits per heavy atom. The van der Waals surface area contributed by atoms with Crippen LogP contribution in [0.2, 0.25) is 0 Å². The molecule has 0 unspecified atom stereocenters. The summed E-state index contributed by atoms with van der Waals surface area (Å²) in [6.07, 6.45) is 1.51. The van der Waals surface area contributed by atoms with Gasteiger partial charge in [-0.3, -0.25) is 4.79 Å². The highest BCUT2D eigenvalue weighted by molar-refractivity contribution is 5.95. The molecule has 2 fully saturated rings. The summed E-state index contributed by atoms with van der Waals surface area (Å²) in [4.78, 5) is 15.9. The van der Waals surface area contributed by atoms with Crippen LogP contribution < -0.4 is 15.1 Å². The second kappa shape index (κ2) is 7.84. The standard InChI is InChI=1S/C23H24N4O3/c28-22-5-2-12-27(22)17-8-6-16(7-9-17)18-3-1-4-19(23(18)29)20-15-21(25-30-20)26-13-10-24-11-14-26/h1,3-4,6-9,15,24,29H,2,5,10-14H2. The van der Waals surface area contributed by atoms with Crippen LogP contribution in [0.5, 0.6) is 5.75 Å². The Labute approximate surface area is 174 Å². The molecule has 0 radical (unpaired) electrons. The first-order valence-electron chi connectivity index (χ1n) is 10.4. The van der Waals surface area contributed by atoms with Crippen molar-refractivity contribution in [2.75, 3.05) is 42.5 Å². The number of hydrogen-bond donors (Lipinski definition) is 2. The molecular formula is C23H24N4O3. The van der Waals surface area contributed by atoms with Crippen LogP contribution in [0, 0.1) is 0 Å². The van der Waals surface area contributed by atoms with E-state index in [1.165, 1.54) is 0 Å². The Morgan fingerprint density at radius 3 is 2.50 bits per heavy atom. The average molecular weight is 404 g/mol. The van der Waals surface area contributed by atoms with Gasteiger partial charge in [0.2, 0.25) is 5.91 Å². The van der Waals surface area contributed by atoms with E-state index in [2.05, 4.69) is 15.4 Å². The number of aromatic nitrogens is 1. The zero-order valence-electron chi connectivity index (χ0n) is 16.7. The normalized spacial score (nSPS) is 17.0. The van der Waals surface area contributed by atoms with Crippen molar-refractivity contribution in [1.29, 1.82) is 0 Å². The highest BCUT2D eigenvalue weighted by Crippen LogP contribution is 2.39. The number of para-hydroxylation sites is 1. The van der Waals surface area contributed by atoms with Gasteiger partial charge < -0.3 is 24.7 Å². The second-order valence-electron chi connectivity index (χ2n) is 7.68. The molecule has 0 bridgehead atoms. The van der Waals surface area contributed by atoms with E-state index >= 15 is 0 Å². The van der Waals surface area contributed by atoms with Gasteiger partial charge in [-0.1, -0.05) is 29.4 Å². The van der Waals surface area contributed by atoms with Crippen molar-refractivity contribution in [3.05, 3.63) is 48.5 Å². The van der Waals surface area contributed by atoms with Crippen molar-refractivity contribution < 1.29 is 14.4 Å². The fraction of sp³-hybridized carbons (Fsp3) is 0.304. The third-order valence-corrected chi connectivity index (χ3v) is 5.80. The number of phenolic OH excluding ortho intramolecular Hbond substituents is 1. The largest absolute Gasteiger partial charge is 0.507 e. The van der Waals surface area contributed by atoms with Crippen molar-refractivity contribution in [3.8, 4) is 28.2 Å². The Balaban J connectivity index is 1.42. The van der Waals surface area contributed by atoms with Gasteiger partial charge in [-0.15, -0.1) is 0 Å². The van der Waals surface area contributed by atoms with Crippen LogP contribution in [-0.4, -0.2) is 48.9 Å². The first-order chi connectivity index (χ1) is 14.7. The lowest BCUT2D eigenvalue weighted by Gasteiger charge is -2.26. The summed E-state index contributed by atoms with van der Waals surface area (Å²) >= 11 is 0. The number of piperazine rings is 1. The number of aromatic hydroxyl groups is 1. The molecule has 2 aliphatic rings. The fourth-order valence-corrected chi connectivity index (χ4v) is 4.15. The minimum absolute atomic E-state index is 0.158. The molecule has 154 valence electrons. The molecule has 2 saturated heterocycles. The van der Waals surface area contributed by atoms with Gasteiger partial charge in [0, 0.05) is 56.5 Å². The van der Waals surface area contributed by atoms with Gasteiger partial charge in [0.1, 0.15) is 5.75 Å². The molecule has 1 aromatic heterocycles. The number of carbonyl (C=O) groups excluding carboxylic acids is 1. The first kappa shape index (κ1) is 18.7. The van der Waals surface area contributed by atoms with Gasteiger partial charge in [0.25, 0.3) is 0 Å². The Bertz CT molecular complexity index is 1050. The molecule has 5 rings (SSSR count). The lowest BCUT2D eigenvalue weighted by Crippen LogP contribution is -2.43. The van der Waals surface area contributed by atoms with E-state index in [1.807, 2.05) is 53.4 Å². The zero-order chi connectivity index (χ0) is 20.5. The molecular weight excluding hydrogens is 380 g/mol. The molecule has 0 saturated carbocycles. The second-order valence-corrected chi connectivity index (χ2v) is 7.68. The molecule has 7 nitrogen and oxygen atoms in total. The average Bonchev–Trinajstić information content (AvgIpc) is 3.44. The van der Waals surface area contributed by atoms with E-state index in [9.17, 15) is 9.90 Å². The van der Waals surface area contributed by atoms with Crippen LogP contribution in [0.3, 0.4) is 0 Å². The van der Waals surface area contributed by atoms with E-state index < -0.39 is 0 Å². The number of nitrogens with zero attached hydrogens (tertiary/aromatic N) is 3. The number of benzene rings is 2. The third kappa shape index (κ3) is 3.41. The molecule has 2 N–H and O–H groups in total. The lowest BCUT2D eigenvalue weighted by atomic mass is 10.00. The van der Waals surface area contributed by atoms with Crippen LogP contribution in [0.1, 0.15) is 12.8 Å². The van der Waals surface area contributed by atoms with Crippen LogP contribution in [0.25, 0.3) is 22.5 Å². The SMILES string of the molecule is O=C1CCCN1c1ccc(-c2cccc(-c3cc(N4CCNCC4)no3)c2O)cc1. The molecule has 3 heterocycles. The minimum atomic E-state index is 0.158. The Hall–Kier alpha value is -3.32. The maximum atomic E-state index is 12.0. The number of phenols is 1. The van der Waals surface area contributed by atoms with Gasteiger partial charge in [0.15, 0.2) is 11.6 Å². The molecule has 30 heavy (non-hydrogen) atoms. The zero-order valence-corrected chi connectivity index (χ0v) is 16.7. The van der Waals surface area contributed by atoms with E-state index in [0.717, 1.165) is 56.2 Å². The van der Waals surface area contributed by atoms with Crippen molar-refractivity contribution >= 4 is 17.4 Å². The van der Waals surface area contributed by atoms with Crippen LogP contribution >= 0.6 is 0 Å². The Morgan fingerprint density at radius 1 is 1.00 bits per heavy atom. The minimum Gasteiger partial charge on any atom is -0.507 e. The topological polar surface area (TPSA) is 81.8 Å². The monoisotopic (exact) mass is 404 g/mol. The number of hydrogen-bond acceptors (Lipinski definition) is 6. The van der Waals surface area contributed by atoms with Crippen molar-refractivity contribution in [2.45, 2.75) is 12.8 Å². The molecule has 3 aromatic rings. The van der Waals surface area contributed by atoms with Crippen molar-refractivity contribution in [2.24, 2.45) is 0 Å². The molecule has 0 atom stereocenters. The molecule has 0 spiro atoms. The third-order valence-electron chi connectivity index (χ3n) is 5.80. The highest BCUT2D eigenvalue weighted by atomic mass is 16.5. The van der Waals surface area contributed by atoms with E-state index in [1.54, 1.807) is 0 Å². The summed E-state index contributed by atoms with van der Waals surface area (Å²) in [5.74, 6) is 1.65. The molecule has 1 amide bonds. The fourth-order valence-electron chi connectivity index (χ4n) is 4.15. The van der Waals surface area contributed by atoms with Gasteiger partial charge in [-0.05, 0) is 30.2 Å². The number of anilines is 2. The number of rotatable bonds is 4. The molecule has 2 aliphatic heterocycles. The van der Waals surface area contributed by atoms with E-state index in [-0.39, 0.29) is 11.7 Å². The maximum Gasteiger partial charge on any atom is 0.227 e. The predicted octanol–water partition coefficient (Wildman–Crippen LogP) is 3.25.